The fraction of sp³-hybridized carbons (Fsp3) is 0.571. The molecular weight excluding hydrogens is 276 g/mol. The van der Waals surface area contributed by atoms with E-state index in [4.69, 9.17) is 5.11 Å². The summed E-state index contributed by atoms with van der Waals surface area (Å²) >= 11 is 0. The Morgan fingerprint density at radius 2 is 2.05 bits per heavy atom. The van der Waals surface area contributed by atoms with Gasteiger partial charge >= 0.3 is 0 Å². The lowest BCUT2D eigenvalue weighted by atomic mass is 10.1. The summed E-state index contributed by atoms with van der Waals surface area (Å²) in [7, 11) is -3.42. The third kappa shape index (κ3) is 3.38. The first-order valence-corrected chi connectivity index (χ1v) is 8.42. The average molecular weight is 298 g/mol. The zero-order valence-corrected chi connectivity index (χ0v) is 12.6. The molecule has 112 valence electrons. The summed E-state index contributed by atoms with van der Waals surface area (Å²) in [6, 6.07) is 7.01. The topological polar surface area (TPSA) is 69.6 Å². The van der Waals surface area contributed by atoms with Crippen LogP contribution in [0.15, 0.2) is 29.2 Å². The minimum absolute atomic E-state index is 0.0493. The van der Waals surface area contributed by atoms with Gasteiger partial charge < -0.3 is 10.4 Å². The third-order valence-electron chi connectivity index (χ3n) is 3.65. The molecule has 0 radical (unpaired) electrons. The maximum absolute atomic E-state index is 12.4. The summed E-state index contributed by atoms with van der Waals surface area (Å²) in [5, 5.41) is 12.3. The molecule has 1 aliphatic rings. The van der Waals surface area contributed by atoms with E-state index >= 15 is 0 Å². The van der Waals surface area contributed by atoms with Crippen LogP contribution in [0.2, 0.25) is 0 Å². The largest absolute Gasteiger partial charge is 0.396 e. The molecule has 0 spiro atoms. The van der Waals surface area contributed by atoms with Gasteiger partial charge in [-0.15, -0.1) is 0 Å². The van der Waals surface area contributed by atoms with Gasteiger partial charge in [-0.1, -0.05) is 19.1 Å². The highest BCUT2D eigenvalue weighted by Crippen LogP contribution is 2.24. The van der Waals surface area contributed by atoms with Crippen LogP contribution in [0.4, 0.5) is 0 Å². The number of hydrogen-bond donors (Lipinski definition) is 2. The number of hydrogen-bond acceptors (Lipinski definition) is 4. The minimum Gasteiger partial charge on any atom is -0.396 e. The van der Waals surface area contributed by atoms with Crippen LogP contribution < -0.4 is 5.32 Å². The molecule has 0 aliphatic carbocycles. The van der Waals surface area contributed by atoms with Crippen LogP contribution >= 0.6 is 0 Å². The first kappa shape index (κ1) is 15.4. The molecular formula is C14H22N2O3S. The van der Waals surface area contributed by atoms with Crippen LogP contribution in [0.3, 0.4) is 0 Å². The molecule has 1 fully saturated rings. The molecule has 1 aromatic carbocycles. The maximum atomic E-state index is 12.4. The number of nitrogens with zero attached hydrogens (tertiary/aromatic N) is 1. The van der Waals surface area contributed by atoms with Crippen LogP contribution in [0.1, 0.15) is 18.9 Å². The van der Waals surface area contributed by atoms with Crippen molar-refractivity contribution in [2.45, 2.75) is 24.8 Å². The van der Waals surface area contributed by atoms with Crippen molar-refractivity contribution in [2.75, 3.05) is 26.2 Å². The van der Waals surface area contributed by atoms with E-state index in [-0.39, 0.29) is 12.5 Å². The van der Waals surface area contributed by atoms with E-state index in [1.54, 1.807) is 12.1 Å². The van der Waals surface area contributed by atoms with Crippen molar-refractivity contribution in [2.24, 2.45) is 5.92 Å². The molecule has 0 amide bonds. The third-order valence-corrected chi connectivity index (χ3v) is 5.53. The molecule has 0 bridgehead atoms. The lowest BCUT2D eigenvalue weighted by Gasteiger charge is -2.16. The molecule has 1 saturated heterocycles. The van der Waals surface area contributed by atoms with E-state index in [1.807, 2.05) is 19.1 Å². The number of sulfonamides is 1. The first-order chi connectivity index (χ1) is 9.57. The van der Waals surface area contributed by atoms with Crippen molar-refractivity contribution in [3.8, 4) is 0 Å². The Labute approximate surface area is 120 Å². The Balaban J connectivity index is 2.10. The quantitative estimate of drug-likeness (QED) is 0.815. The van der Waals surface area contributed by atoms with Gasteiger partial charge in [-0.2, -0.15) is 4.31 Å². The molecule has 1 aliphatic heterocycles. The molecule has 6 heteroatoms. The van der Waals surface area contributed by atoms with E-state index in [1.165, 1.54) is 4.31 Å². The van der Waals surface area contributed by atoms with Gasteiger partial charge in [0.2, 0.25) is 10.0 Å². The minimum atomic E-state index is -3.42. The fourth-order valence-electron chi connectivity index (χ4n) is 2.36. The smallest absolute Gasteiger partial charge is 0.243 e. The molecule has 1 atom stereocenters. The predicted octanol–water partition coefficient (Wildman–Crippen LogP) is 0.799. The van der Waals surface area contributed by atoms with Gasteiger partial charge in [-0.25, -0.2) is 8.42 Å². The van der Waals surface area contributed by atoms with Crippen molar-refractivity contribution in [1.82, 2.24) is 9.62 Å². The summed E-state index contributed by atoms with van der Waals surface area (Å²) in [6.45, 7) is 4.62. The summed E-state index contributed by atoms with van der Waals surface area (Å²) in [5.74, 6) is 0.0674. The lowest BCUT2D eigenvalue weighted by Crippen LogP contribution is -2.29. The number of aliphatic hydroxyl groups excluding tert-OH is 1. The molecule has 2 rings (SSSR count). The Kier molecular flexibility index (Phi) is 5.15. The van der Waals surface area contributed by atoms with Crippen molar-refractivity contribution < 1.29 is 13.5 Å². The van der Waals surface area contributed by atoms with Gasteiger partial charge in [0, 0.05) is 26.2 Å². The molecule has 2 N–H and O–H groups in total. The van der Waals surface area contributed by atoms with Gasteiger partial charge in [-0.05, 0) is 36.6 Å². The van der Waals surface area contributed by atoms with E-state index in [0.717, 1.165) is 25.1 Å². The fourth-order valence-corrected chi connectivity index (χ4v) is 3.89. The van der Waals surface area contributed by atoms with Crippen LogP contribution in [-0.4, -0.2) is 44.1 Å². The standard InChI is InChI=1S/C14H22N2O3S/c1-2-15-9-12-3-5-14(6-4-12)20(18,19)16-8-7-13(10-16)11-17/h3-6,13,15,17H,2,7-11H2,1H3. The number of benzene rings is 1. The van der Waals surface area contributed by atoms with Crippen LogP contribution in [0.5, 0.6) is 0 Å². The van der Waals surface area contributed by atoms with Gasteiger partial charge in [0.25, 0.3) is 0 Å². The highest BCUT2D eigenvalue weighted by atomic mass is 32.2. The van der Waals surface area contributed by atoms with Crippen LogP contribution in [0.25, 0.3) is 0 Å². The molecule has 1 unspecified atom stereocenters. The van der Waals surface area contributed by atoms with Crippen molar-refractivity contribution in [1.29, 1.82) is 0 Å². The van der Waals surface area contributed by atoms with E-state index in [9.17, 15) is 8.42 Å². The van der Waals surface area contributed by atoms with E-state index in [2.05, 4.69) is 5.32 Å². The van der Waals surface area contributed by atoms with Gasteiger partial charge in [-0.3, -0.25) is 0 Å². The molecule has 1 aromatic rings. The number of rotatable bonds is 6. The van der Waals surface area contributed by atoms with E-state index < -0.39 is 10.0 Å². The number of aliphatic hydroxyl groups is 1. The van der Waals surface area contributed by atoms with Crippen LogP contribution in [0, 0.1) is 5.92 Å². The molecule has 5 nitrogen and oxygen atoms in total. The zero-order chi connectivity index (χ0) is 14.6. The second-order valence-corrected chi connectivity index (χ2v) is 7.06. The summed E-state index contributed by atoms with van der Waals surface area (Å²) in [6.07, 6.45) is 0.730. The number of nitrogens with one attached hydrogen (secondary N) is 1. The van der Waals surface area contributed by atoms with Crippen molar-refractivity contribution in [3.63, 3.8) is 0 Å². The summed E-state index contributed by atoms with van der Waals surface area (Å²) in [4.78, 5) is 0.330. The maximum Gasteiger partial charge on any atom is 0.243 e. The Hall–Kier alpha value is -0.950. The van der Waals surface area contributed by atoms with Gasteiger partial charge in [0.1, 0.15) is 0 Å². The zero-order valence-electron chi connectivity index (χ0n) is 11.7. The molecule has 0 saturated carbocycles. The van der Waals surface area contributed by atoms with Crippen LogP contribution in [-0.2, 0) is 16.6 Å². The van der Waals surface area contributed by atoms with Crippen molar-refractivity contribution >= 4 is 10.0 Å². The average Bonchev–Trinajstić information content (AvgIpc) is 2.95. The highest BCUT2D eigenvalue weighted by molar-refractivity contribution is 7.89. The van der Waals surface area contributed by atoms with Gasteiger partial charge in [0.05, 0.1) is 4.90 Å². The molecule has 0 aromatic heterocycles. The second-order valence-electron chi connectivity index (χ2n) is 5.12. The summed E-state index contributed by atoms with van der Waals surface area (Å²) in [5.41, 5.74) is 1.07. The molecule has 1 heterocycles. The highest BCUT2D eigenvalue weighted by Gasteiger charge is 2.31. The normalized spacial score (nSPS) is 20.4. The summed E-state index contributed by atoms with van der Waals surface area (Å²) < 4.78 is 26.4. The Morgan fingerprint density at radius 3 is 2.60 bits per heavy atom. The van der Waals surface area contributed by atoms with E-state index in [0.29, 0.717) is 18.0 Å². The van der Waals surface area contributed by atoms with Gasteiger partial charge in [0.15, 0.2) is 0 Å². The molecule has 20 heavy (non-hydrogen) atoms. The first-order valence-electron chi connectivity index (χ1n) is 6.98. The second kappa shape index (κ2) is 6.67. The Bertz CT molecular complexity index is 528. The van der Waals surface area contributed by atoms with Crippen molar-refractivity contribution in [3.05, 3.63) is 29.8 Å². The monoisotopic (exact) mass is 298 g/mol. The SMILES string of the molecule is CCNCc1ccc(S(=O)(=O)N2CCC(CO)C2)cc1. The lowest BCUT2D eigenvalue weighted by molar-refractivity contribution is 0.233. The Morgan fingerprint density at radius 1 is 1.35 bits per heavy atom. The predicted molar refractivity (Wildman–Crippen MR) is 77.8 cm³/mol.